The number of aromatic hydroxyl groups is 4. The van der Waals surface area contributed by atoms with Crippen LogP contribution in [0.4, 0.5) is 49.1 Å². The highest BCUT2D eigenvalue weighted by molar-refractivity contribution is 5.87. The lowest BCUT2D eigenvalue weighted by Gasteiger charge is -2.38. The van der Waals surface area contributed by atoms with E-state index >= 15 is 0 Å². The van der Waals surface area contributed by atoms with Crippen LogP contribution < -0.4 is 22.9 Å². The van der Waals surface area contributed by atoms with Crippen molar-refractivity contribution in [2.24, 2.45) is 0 Å². The third kappa shape index (κ3) is 5.66. The standard InChI is InChI=1S/C25H20N2O2.C15H12F6N2O2/c26-21-13-15(9-11-23(21)28)25(16-10-12-24(29)22(27)14-16)19-7-3-1-5-17(19)18-6-2-4-8-20(18)25;16-14(17,18)13(15(19,20)21,7-1-3-11(24)9(22)5-7)8-2-4-12(25)10(23)6-8/h1-14,28-29H,26-27H2;1-6,24-25H,22-23H2. The molecule has 12 N–H and O–H groups in total. The Morgan fingerprint density at radius 1 is 0.407 bits per heavy atom. The monoisotopic (exact) mass is 746 g/mol. The van der Waals surface area contributed by atoms with Gasteiger partial charge >= 0.3 is 12.4 Å². The fourth-order valence-electron chi connectivity index (χ4n) is 7.16. The number of phenols is 4. The lowest BCUT2D eigenvalue weighted by atomic mass is 9.67. The third-order valence-corrected chi connectivity index (χ3v) is 9.64. The maximum atomic E-state index is 13.8. The van der Waals surface area contributed by atoms with E-state index in [4.69, 9.17) is 22.9 Å². The lowest BCUT2D eigenvalue weighted by molar-refractivity contribution is -0.288. The van der Waals surface area contributed by atoms with Crippen molar-refractivity contribution in [2.75, 3.05) is 22.9 Å². The first-order valence-electron chi connectivity index (χ1n) is 16.0. The van der Waals surface area contributed by atoms with Crippen molar-refractivity contribution in [1.82, 2.24) is 0 Å². The number of hydrogen-bond donors (Lipinski definition) is 8. The molecule has 0 heterocycles. The van der Waals surface area contributed by atoms with Gasteiger partial charge in [0.15, 0.2) is 0 Å². The number of nitrogen functional groups attached to an aromatic ring is 4. The molecule has 7 rings (SSSR count). The number of halogens is 6. The second kappa shape index (κ2) is 13.1. The minimum Gasteiger partial charge on any atom is -0.506 e. The van der Waals surface area contributed by atoms with Crippen LogP contribution in [-0.2, 0) is 10.8 Å². The Balaban J connectivity index is 0.000000187. The van der Waals surface area contributed by atoms with Crippen LogP contribution in [0.3, 0.4) is 0 Å². The highest BCUT2D eigenvalue weighted by atomic mass is 19.4. The first kappa shape index (κ1) is 37.1. The second-order valence-electron chi connectivity index (χ2n) is 12.7. The number of anilines is 4. The summed E-state index contributed by atoms with van der Waals surface area (Å²) < 4.78 is 82.7. The zero-order valence-corrected chi connectivity index (χ0v) is 27.9. The molecule has 0 atom stereocenters. The van der Waals surface area contributed by atoms with Crippen molar-refractivity contribution in [3.05, 3.63) is 155 Å². The summed E-state index contributed by atoms with van der Waals surface area (Å²) in [6.45, 7) is 0. The first-order chi connectivity index (χ1) is 25.3. The van der Waals surface area contributed by atoms with Crippen LogP contribution in [0.25, 0.3) is 11.1 Å². The van der Waals surface area contributed by atoms with Crippen molar-refractivity contribution in [2.45, 2.75) is 23.2 Å². The molecule has 0 bridgehead atoms. The molecule has 0 aromatic heterocycles. The van der Waals surface area contributed by atoms with Crippen molar-refractivity contribution in [3.8, 4) is 34.1 Å². The number of alkyl halides is 6. The maximum absolute atomic E-state index is 13.8. The van der Waals surface area contributed by atoms with Crippen molar-refractivity contribution in [3.63, 3.8) is 0 Å². The van der Waals surface area contributed by atoms with E-state index in [9.17, 15) is 46.8 Å². The van der Waals surface area contributed by atoms with Crippen molar-refractivity contribution in [1.29, 1.82) is 0 Å². The topological polar surface area (TPSA) is 185 Å². The van der Waals surface area contributed by atoms with E-state index in [0.29, 0.717) is 47.8 Å². The number of fused-ring (bicyclic) bond motifs is 3. The lowest BCUT2D eigenvalue weighted by Crippen LogP contribution is -2.54. The summed E-state index contributed by atoms with van der Waals surface area (Å²) in [6, 6.07) is 30.3. The van der Waals surface area contributed by atoms with Crippen LogP contribution in [0.5, 0.6) is 23.0 Å². The van der Waals surface area contributed by atoms with Gasteiger partial charge in [0.25, 0.3) is 0 Å². The van der Waals surface area contributed by atoms with Gasteiger partial charge in [-0.3, -0.25) is 0 Å². The highest BCUT2D eigenvalue weighted by Crippen LogP contribution is 2.58. The number of benzene rings is 6. The normalized spacial score (nSPS) is 13.4. The SMILES string of the molecule is Nc1cc(C(c2ccc(O)c(N)c2)(C(F)(F)F)C(F)(F)F)ccc1O.Nc1cc(C2(c3ccc(O)c(N)c3)c3ccccc3-c3ccccc32)ccc1O. The Kier molecular flexibility index (Phi) is 8.96. The van der Waals surface area contributed by atoms with Gasteiger partial charge in [-0.05, 0) is 93.0 Å². The number of rotatable bonds is 4. The molecule has 0 amide bonds. The molecule has 6 aromatic carbocycles. The van der Waals surface area contributed by atoms with Gasteiger partial charge in [-0.25, -0.2) is 0 Å². The molecule has 14 heteroatoms. The van der Waals surface area contributed by atoms with Crippen LogP contribution in [0.15, 0.2) is 121 Å². The van der Waals surface area contributed by atoms with Crippen LogP contribution in [0.1, 0.15) is 33.4 Å². The molecule has 1 aliphatic carbocycles. The first-order valence-corrected chi connectivity index (χ1v) is 16.0. The molecule has 0 unspecified atom stereocenters. The molecule has 1 aliphatic rings. The molecule has 8 nitrogen and oxygen atoms in total. The summed E-state index contributed by atoms with van der Waals surface area (Å²) in [5, 5.41) is 38.7. The van der Waals surface area contributed by atoms with Gasteiger partial charge in [0.05, 0.1) is 28.2 Å². The van der Waals surface area contributed by atoms with Crippen molar-refractivity contribution < 1.29 is 46.8 Å². The average molecular weight is 747 g/mol. The summed E-state index contributed by atoms with van der Waals surface area (Å²) in [4.78, 5) is 0. The predicted molar refractivity (Wildman–Crippen MR) is 194 cm³/mol. The number of hydrogen-bond acceptors (Lipinski definition) is 8. The molecular formula is C40H32F6N4O4. The molecule has 0 aliphatic heterocycles. The minimum absolute atomic E-state index is 0.0497. The Bertz CT molecular complexity index is 2230. The van der Waals surface area contributed by atoms with Gasteiger partial charge in [0.2, 0.25) is 5.41 Å². The van der Waals surface area contributed by atoms with Gasteiger partial charge in [0.1, 0.15) is 23.0 Å². The Morgan fingerprint density at radius 2 is 0.722 bits per heavy atom. The van der Waals surface area contributed by atoms with E-state index in [2.05, 4.69) is 24.3 Å². The van der Waals surface area contributed by atoms with Gasteiger partial charge < -0.3 is 43.4 Å². The highest BCUT2D eigenvalue weighted by Gasteiger charge is 2.72. The largest absolute Gasteiger partial charge is 0.506 e. The summed E-state index contributed by atoms with van der Waals surface area (Å²) in [5.74, 6) is -1.22. The number of phenolic OH excluding ortho intramolecular Hbond substituents is 4. The van der Waals surface area contributed by atoms with Crippen LogP contribution in [0.2, 0.25) is 0 Å². The average Bonchev–Trinajstić information content (AvgIpc) is 3.41. The van der Waals surface area contributed by atoms with E-state index in [1.54, 1.807) is 12.1 Å². The second-order valence-corrected chi connectivity index (χ2v) is 12.7. The van der Waals surface area contributed by atoms with E-state index in [-0.39, 0.29) is 11.5 Å². The zero-order valence-electron chi connectivity index (χ0n) is 27.9. The molecule has 278 valence electrons. The quantitative estimate of drug-likeness (QED) is 0.0502. The third-order valence-electron chi connectivity index (χ3n) is 9.64. The summed E-state index contributed by atoms with van der Waals surface area (Å²) in [5.41, 5.74) is 20.8. The van der Waals surface area contributed by atoms with E-state index in [1.807, 2.05) is 48.5 Å². The molecule has 0 saturated carbocycles. The van der Waals surface area contributed by atoms with Gasteiger partial charge in [0, 0.05) is 0 Å². The zero-order chi connectivity index (χ0) is 39.4. The minimum atomic E-state index is -5.82. The summed E-state index contributed by atoms with van der Waals surface area (Å²) in [7, 11) is 0. The summed E-state index contributed by atoms with van der Waals surface area (Å²) >= 11 is 0. The molecule has 6 aromatic rings. The fraction of sp³-hybridized carbons (Fsp3) is 0.100. The smallest absolute Gasteiger partial charge is 0.411 e. The van der Waals surface area contributed by atoms with Gasteiger partial charge in [-0.15, -0.1) is 0 Å². The fourth-order valence-corrected chi connectivity index (χ4v) is 7.16. The summed E-state index contributed by atoms with van der Waals surface area (Å²) in [6.07, 6.45) is -11.6. The predicted octanol–water partition coefficient (Wildman–Crippen LogP) is 8.30. The molecule has 0 radical (unpaired) electrons. The number of nitrogens with two attached hydrogens (primary N) is 4. The van der Waals surface area contributed by atoms with E-state index in [0.717, 1.165) is 33.4 Å². The Morgan fingerprint density at radius 3 is 1.04 bits per heavy atom. The van der Waals surface area contributed by atoms with E-state index < -0.39 is 57.2 Å². The van der Waals surface area contributed by atoms with Crippen LogP contribution in [0, 0.1) is 0 Å². The van der Waals surface area contributed by atoms with E-state index in [1.165, 1.54) is 0 Å². The van der Waals surface area contributed by atoms with Gasteiger partial charge in [-0.1, -0.05) is 72.8 Å². The van der Waals surface area contributed by atoms with Crippen molar-refractivity contribution >= 4 is 22.7 Å². The maximum Gasteiger partial charge on any atom is 0.411 e. The van der Waals surface area contributed by atoms with Crippen LogP contribution >= 0.6 is 0 Å². The Labute approximate surface area is 304 Å². The van der Waals surface area contributed by atoms with Gasteiger partial charge in [-0.2, -0.15) is 26.3 Å². The van der Waals surface area contributed by atoms with Crippen LogP contribution in [-0.4, -0.2) is 32.8 Å². The molecule has 0 saturated heterocycles. The molecule has 0 fully saturated rings. The molecular weight excluding hydrogens is 714 g/mol. The Hall–Kier alpha value is -6.70. The molecule has 0 spiro atoms. The molecule has 54 heavy (non-hydrogen) atoms.